The third-order valence-electron chi connectivity index (χ3n) is 7.99. The van der Waals surface area contributed by atoms with Gasteiger partial charge in [0, 0.05) is 54.8 Å². The summed E-state index contributed by atoms with van der Waals surface area (Å²) in [6.45, 7) is 8.44. The van der Waals surface area contributed by atoms with E-state index in [9.17, 15) is 9.59 Å². The predicted molar refractivity (Wildman–Crippen MR) is 172 cm³/mol. The standard InChI is InChI=1S/C33H38N6O3S/c1-22(2)6-3-7-24(40)8-4-11-30(41)38-14-12-23(13-15-38)29-20-28-31(43-29)33(39-16-18-42-19-17-39)36-32(35-28)25-9-5-10-27-26(25)21-34-37-27/h3,5,7,9-10,12,20-22H,4,6,8,11,13-19H2,1-2H3,(H,34,37). The average molecular weight is 599 g/mol. The number of fused-ring (bicyclic) bond motifs is 2. The fourth-order valence-electron chi connectivity index (χ4n) is 5.59. The van der Waals surface area contributed by atoms with Crippen LogP contribution in [0.2, 0.25) is 0 Å². The second-order valence-corrected chi connectivity index (χ2v) is 12.7. The highest BCUT2D eigenvalue weighted by molar-refractivity contribution is 7.20. The summed E-state index contributed by atoms with van der Waals surface area (Å²) >= 11 is 1.73. The summed E-state index contributed by atoms with van der Waals surface area (Å²) in [7, 11) is 0. The third-order valence-corrected chi connectivity index (χ3v) is 9.19. The summed E-state index contributed by atoms with van der Waals surface area (Å²) in [6.07, 6.45) is 10.7. The molecule has 0 atom stereocenters. The van der Waals surface area contributed by atoms with E-state index in [0.29, 0.717) is 57.3 Å². The van der Waals surface area contributed by atoms with Gasteiger partial charge in [0.1, 0.15) is 0 Å². The Balaban J connectivity index is 1.19. The topological polar surface area (TPSA) is 104 Å². The van der Waals surface area contributed by atoms with Crippen molar-refractivity contribution in [3.8, 4) is 11.4 Å². The molecule has 6 rings (SSSR count). The van der Waals surface area contributed by atoms with Gasteiger partial charge in [0.15, 0.2) is 17.4 Å². The number of carbonyl (C=O) groups excluding carboxylic acids is 2. The number of rotatable bonds is 10. The zero-order valence-corrected chi connectivity index (χ0v) is 25.7. The molecule has 2 aliphatic rings. The molecular formula is C33H38N6O3S. The van der Waals surface area contributed by atoms with Gasteiger partial charge in [-0.15, -0.1) is 11.3 Å². The van der Waals surface area contributed by atoms with Gasteiger partial charge in [0.05, 0.1) is 35.1 Å². The van der Waals surface area contributed by atoms with Crippen molar-refractivity contribution in [2.75, 3.05) is 44.3 Å². The number of aromatic amines is 1. The Morgan fingerprint density at radius 1 is 1.14 bits per heavy atom. The lowest BCUT2D eigenvalue weighted by molar-refractivity contribution is -0.130. The maximum Gasteiger partial charge on any atom is 0.222 e. The summed E-state index contributed by atoms with van der Waals surface area (Å²) < 4.78 is 6.70. The summed E-state index contributed by atoms with van der Waals surface area (Å²) in [5.74, 6) is 2.39. The van der Waals surface area contributed by atoms with Gasteiger partial charge in [-0.2, -0.15) is 5.10 Å². The van der Waals surface area contributed by atoms with Crippen LogP contribution in [0.4, 0.5) is 5.82 Å². The molecule has 0 saturated carbocycles. The van der Waals surface area contributed by atoms with Gasteiger partial charge in [-0.1, -0.05) is 38.1 Å². The van der Waals surface area contributed by atoms with Crippen molar-refractivity contribution in [1.82, 2.24) is 25.1 Å². The number of hydrogen-bond acceptors (Lipinski definition) is 8. The fraction of sp³-hybridized carbons (Fsp3) is 0.424. The maximum absolute atomic E-state index is 12.9. The van der Waals surface area contributed by atoms with E-state index in [1.807, 2.05) is 35.4 Å². The van der Waals surface area contributed by atoms with Gasteiger partial charge in [-0.05, 0) is 49.0 Å². The van der Waals surface area contributed by atoms with Gasteiger partial charge in [-0.25, -0.2) is 9.97 Å². The number of morpholine rings is 1. The van der Waals surface area contributed by atoms with E-state index in [0.717, 1.165) is 58.4 Å². The molecule has 0 spiro atoms. The molecule has 0 unspecified atom stereocenters. The molecule has 1 N–H and O–H groups in total. The number of H-pyrrole nitrogens is 1. The second-order valence-electron chi connectivity index (χ2n) is 11.6. The fourth-order valence-corrected chi connectivity index (χ4v) is 6.77. The summed E-state index contributed by atoms with van der Waals surface area (Å²) in [5.41, 5.74) is 4.08. The van der Waals surface area contributed by atoms with Crippen LogP contribution in [0.25, 0.3) is 38.1 Å². The van der Waals surface area contributed by atoms with Crippen molar-refractivity contribution < 1.29 is 14.3 Å². The number of amides is 1. The molecule has 43 heavy (non-hydrogen) atoms. The Morgan fingerprint density at radius 3 is 2.79 bits per heavy atom. The molecule has 1 saturated heterocycles. The van der Waals surface area contributed by atoms with Crippen molar-refractivity contribution >= 4 is 55.5 Å². The maximum atomic E-state index is 12.9. The van der Waals surface area contributed by atoms with Gasteiger partial charge < -0.3 is 14.5 Å². The van der Waals surface area contributed by atoms with Crippen LogP contribution in [-0.2, 0) is 14.3 Å². The van der Waals surface area contributed by atoms with Crippen LogP contribution in [-0.4, -0.2) is 76.1 Å². The highest BCUT2D eigenvalue weighted by Crippen LogP contribution is 2.39. The van der Waals surface area contributed by atoms with E-state index < -0.39 is 0 Å². The van der Waals surface area contributed by atoms with Crippen molar-refractivity contribution in [3.05, 3.63) is 53.6 Å². The molecule has 0 bridgehead atoms. The lowest BCUT2D eigenvalue weighted by Crippen LogP contribution is -2.36. The van der Waals surface area contributed by atoms with Crippen molar-refractivity contribution in [2.24, 2.45) is 5.92 Å². The number of nitrogens with zero attached hydrogens (tertiary/aromatic N) is 5. The van der Waals surface area contributed by atoms with Crippen molar-refractivity contribution in [3.63, 3.8) is 0 Å². The summed E-state index contributed by atoms with van der Waals surface area (Å²) in [5, 5.41) is 8.27. The first kappa shape index (κ1) is 29.2. The molecular weight excluding hydrogens is 560 g/mol. The normalized spacial score (nSPS) is 16.1. The number of aromatic nitrogens is 4. The van der Waals surface area contributed by atoms with E-state index in [2.05, 4.69) is 41.1 Å². The highest BCUT2D eigenvalue weighted by Gasteiger charge is 2.24. The summed E-state index contributed by atoms with van der Waals surface area (Å²) in [6, 6.07) is 8.22. The molecule has 0 aliphatic carbocycles. The molecule has 1 fully saturated rings. The van der Waals surface area contributed by atoms with E-state index >= 15 is 0 Å². The number of thiophene rings is 1. The first-order valence-corrected chi connectivity index (χ1v) is 16.0. The smallest absolute Gasteiger partial charge is 0.222 e. The van der Waals surface area contributed by atoms with Crippen LogP contribution in [0.5, 0.6) is 0 Å². The number of benzene rings is 1. The molecule has 3 aromatic heterocycles. The third kappa shape index (κ3) is 6.70. The van der Waals surface area contributed by atoms with Crippen molar-refractivity contribution in [1.29, 1.82) is 0 Å². The average Bonchev–Trinajstić information content (AvgIpc) is 3.68. The molecule has 1 aromatic carbocycles. The van der Waals surface area contributed by atoms with Crippen LogP contribution in [0, 0.1) is 5.92 Å². The second kappa shape index (κ2) is 13.2. The van der Waals surface area contributed by atoms with Crippen LogP contribution >= 0.6 is 11.3 Å². The van der Waals surface area contributed by atoms with Gasteiger partial charge in [0.25, 0.3) is 0 Å². The minimum absolute atomic E-state index is 0.100. The lowest BCUT2D eigenvalue weighted by Gasteiger charge is -2.28. The van der Waals surface area contributed by atoms with Crippen LogP contribution < -0.4 is 4.90 Å². The van der Waals surface area contributed by atoms with Crippen LogP contribution in [0.3, 0.4) is 0 Å². The van der Waals surface area contributed by atoms with Gasteiger partial charge in [0.2, 0.25) is 5.91 Å². The van der Waals surface area contributed by atoms with E-state index in [1.165, 1.54) is 10.5 Å². The first-order valence-electron chi connectivity index (χ1n) is 15.2. The number of ketones is 1. The van der Waals surface area contributed by atoms with E-state index in [4.69, 9.17) is 14.7 Å². The number of anilines is 1. The molecule has 2 aliphatic heterocycles. The van der Waals surface area contributed by atoms with E-state index in [-0.39, 0.29) is 11.7 Å². The Kier molecular flexibility index (Phi) is 8.95. The molecule has 0 radical (unpaired) electrons. The monoisotopic (exact) mass is 598 g/mol. The van der Waals surface area contributed by atoms with Gasteiger partial charge >= 0.3 is 0 Å². The SMILES string of the molecule is CC(C)CC=CC(=O)CCCC(=O)N1CC=C(c2cc3nc(-c4cccc5[nH]ncc45)nc(N4CCOCC4)c3s2)CC1. The molecule has 10 heteroatoms. The number of nitrogens with one attached hydrogen (secondary N) is 1. The number of ether oxygens (including phenoxy) is 1. The Morgan fingerprint density at radius 2 is 2.00 bits per heavy atom. The summed E-state index contributed by atoms with van der Waals surface area (Å²) in [4.78, 5) is 40.5. The number of allylic oxidation sites excluding steroid dienone is 2. The molecule has 224 valence electrons. The van der Waals surface area contributed by atoms with Crippen molar-refractivity contribution in [2.45, 2.75) is 46.0 Å². The zero-order chi connectivity index (χ0) is 29.8. The van der Waals surface area contributed by atoms with E-state index in [1.54, 1.807) is 17.4 Å². The Hall–Kier alpha value is -3.89. The minimum Gasteiger partial charge on any atom is -0.378 e. The first-order chi connectivity index (χ1) is 21.0. The molecule has 1 amide bonds. The molecule has 9 nitrogen and oxygen atoms in total. The highest BCUT2D eigenvalue weighted by atomic mass is 32.1. The molecule has 4 aromatic rings. The predicted octanol–water partition coefficient (Wildman–Crippen LogP) is 6.03. The molecule has 5 heterocycles. The quantitative estimate of drug-likeness (QED) is 0.222. The zero-order valence-electron chi connectivity index (χ0n) is 24.8. The Bertz CT molecular complexity index is 1680. The largest absolute Gasteiger partial charge is 0.378 e. The van der Waals surface area contributed by atoms with Gasteiger partial charge in [-0.3, -0.25) is 14.7 Å². The number of carbonyl (C=O) groups is 2. The lowest BCUT2D eigenvalue weighted by atomic mass is 10.1. The Labute approximate surface area is 255 Å². The minimum atomic E-state index is 0.100. The van der Waals surface area contributed by atoms with Crippen LogP contribution in [0.1, 0.15) is 50.8 Å². The number of hydrogen-bond donors (Lipinski definition) is 1. The van der Waals surface area contributed by atoms with Crippen LogP contribution in [0.15, 0.2) is 48.7 Å².